The smallest absolute Gasteiger partial charge is 0.303 e. The van der Waals surface area contributed by atoms with Crippen molar-refractivity contribution >= 4 is 5.97 Å². The van der Waals surface area contributed by atoms with E-state index < -0.39 is 5.97 Å². The topological polar surface area (TPSA) is 66.0 Å². The largest absolute Gasteiger partial charge is 0.481 e. The maximum Gasteiger partial charge on any atom is 0.303 e. The fourth-order valence-electron chi connectivity index (χ4n) is 2.63. The third-order valence-electron chi connectivity index (χ3n) is 3.53. The van der Waals surface area contributed by atoms with Crippen LogP contribution in [0.15, 0.2) is 0 Å². The van der Waals surface area contributed by atoms with Crippen molar-refractivity contribution in [2.24, 2.45) is 0 Å². The summed E-state index contributed by atoms with van der Waals surface area (Å²) in [6.45, 7) is 2.12. The minimum absolute atomic E-state index is 0.154. The molecule has 0 aromatic carbocycles. The van der Waals surface area contributed by atoms with E-state index in [0.717, 1.165) is 12.2 Å². The lowest BCUT2D eigenvalue weighted by Gasteiger charge is -2.06. The van der Waals surface area contributed by atoms with E-state index >= 15 is 0 Å². The molecule has 17 heavy (non-hydrogen) atoms. The molecule has 0 unspecified atom stereocenters. The van der Waals surface area contributed by atoms with E-state index in [0.29, 0.717) is 12.3 Å². The Labute approximate surface area is 101 Å². The number of hydrogen-bond acceptors (Lipinski definition) is 2. The van der Waals surface area contributed by atoms with E-state index in [4.69, 9.17) is 5.11 Å². The molecule has 1 aliphatic carbocycles. The molecule has 1 aromatic heterocycles. The van der Waals surface area contributed by atoms with Crippen molar-refractivity contribution in [1.82, 2.24) is 9.97 Å². The molecule has 2 N–H and O–H groups in total. The number of nitrogens with zero attached hydrogens (tertiary/aromatic N) is 1. The number of imidazole rings is 1. The molecule has 4 heteroatoms. The van der Waals surface area contributed by atoms with Crippen LogP contribution < -0.4 is 0 Å². The summed E-state index contributed by atoms with van der Waals surface area (Å²) in [5, 5.41) is 8.68. The molecular weight excluding hydrogens is 216 g/mol. The molecule has 0 aliphatic heterocycles. The highest BCUT2D eigenvalue weighted by Crippen LogP contribution is 2.34. The summed E-state index contributed by atoms with van der Waals surface area (Å²) in [7, 11) is 0. The quantitative estimate of drug-likeness (QED) is 0.826. The first kappa shape index (κ1) is 12.1. The zero-order valence-corrected chi connectivity index (χ0v) is 10.3. The normalized spacial score (nSPS) is 16.5. The summed E-state index contributed by atoms with van der Waals surface area (Å²) in [4.78, 5) is 18.5. The Bertz CT molecular complexity index is 392. The molecule has 4 nitrogen and oxygen atoms in total. The number of aliphatic carboxylic acids is 1. The Morgan fingerprint density at radius 2 is 2.18 bits per heavy atom. The number of carboxylic acids is 1. The van der Waals surface area contributed by atoms with Crippen molar-refractivity contribution in [3.8, 4) is 0 Å². The Balaban J connectivity index is 2.11. The summed E-state index contributed by atoms with van der Waals surface area (Å²) in [5.74, 6) is 0.674. The monoisotopic (exact) mass is 236 g/mol. The molecule has 2 rings (SSSR count). The molecule has 1 saturated carbocycles. The fourth-order valence-corrected chi connectivity index (χ4v) is 2.63. The molecule has 1 aliphatic rings. The van der Waals surface area contributed by atoms with Gasteiger partial charge in [0.15, 0.2) is 0 Å². The fraction of sp³-hybridized carbons (Fsp3) is 0.692. The van der Waals surface area contributed by atoms with Gasteiger partial charge in [0.05, 0.1) is 12.1 Å². The first-order valence-corrected chi connectivity index (χ1v) is 6.50. The van der Waals surface area contributed by atoms with Crippen molar-refractivity contribution in [2.45, 2.75) is 57.8 Å². The summed E-state index contributed by atoms with van der Waals surface area (Å²) in [6.07, 6.45) is 6.67. The van der Waals surface area contributed by atoms with Crippen molar-refractivity contribution in [1.29, 1.82) is 0 Å². The summed E-state index contributed by atoms with van der Waals surface area (Å²) in [6, 6.07) is 0. The van der Waals surface area contributed by atoms with E-state index in [2.05, 4.69) is 16.9 Å². The van der Waals surface area contributed by atoms with E-state index in [1.807, 2.05) is 0 Å². The minimum atomic E-state index is -0.762. The maximum absolute atomic E-state index is 10.5. The molecule has 1 aromatic rings. The van der Waals surface area contributed by atoms with Crippen LogP contribution in [-0.2, 0) is 17.6 Å². The van der Waals surface area contributed by atoms with Crippen molar-refractivity contribution in [3.05, 3.63) is 17.2 Å². The van der Waals surface area contributed by atoms with Gasteiger partial charge in [0.1, 0.15) is 5.82 Å². The maximum atomic E-state index is 10.5. The second-order valence-electron chi connectivity index (χ2n) is 4.78. The highest BCUT2D eigenvalue weighted by atomic mass is 16.4. The van der Waals surface area contributed by atoms with Gasteiger partial charge in [-0.05, 0) is 19.3 Å². The molecule has 1 heterocycles. The van der Waals surface area contributed by atoms with Crippen LogP contribution in [0.3, 0.4) is 0 Å². The molecule has 0 saturated heterocycles. The van der Waals surface area contributed by atoms with Crippen molar-refractivity contribution in [2.75, 3.05) is 0 Å². The molecule has 0 amide bonds. The number of aryl methyl sites for hydroxylation is 2. The number of carbonyl (C=O) groups is 1. The third kappa shape index (κ3) is 2.87. The van der Waals surface area contributed by atoms with Crippen LogP contribution >= 0.6 is 0 Å². The number of nitrogens with one attached hydrogen (secondary N) is 1. The first-order chi connectivity index (χ1) is 8.20. The van der Waals surface area contributed by atoms with Crippen LogP contribution in [0.5, 0.6) is 0 Å². The number of aromatic amines is 1. The number of carboxylic acid groups (broad SMARTS) is 1. The van der Waals surface area contributed by atoms with E-state index in [9.17, 15) is 4.79 Å². The van der Waals surface area contributed by atoms with Gasteiger partial charge in [0.25, 0.3) is 0 Å². The second kappa shape index (κ2) is 5.34. The van der Waals surface area contributed by atoms with E-state index in [-0.39, 0.29) is 6.42 Å². The van der Waals surface area contributed by atoms with Gasteiger partial charge in [-0.25, -0.2) is 4.98 Å². The predicted molar refractivity (Wildman–Crippen MR) is 65.1 cm³/mol. The standard InChI is InChI=1S/C13H20N2O2/c1-2-10-13(9-5-3-4-6-9)15-11(14-10)7-8-12(16)17/h9H,2-8H2,1H3,(H,14,15)(H,16,17). The van der Waals surface area contributed by atoms with Crippen LogP contribution in [0.4, 0.5) is 0 Å². The molecule has 94 valence electrons. The number of hydrogen-bond donors (Lipinski definition) is 2. The molecular formula is C13H20N2O2. The molecule has 1 fully saturated rings. The van der Waals surface area contributed by atoms with Gasteiger partial charge in [-0.3, -0.25) is 4.79 Å². The SMILES string of the molecule is CCc1[nH]c(CCC(=O)O)nc1C1CCCC1. The summed E-state index contributed by atoms with van der Waals surface area (Å²) < 4.78 is 0. The van der Waals surface area contributed by atoms with Crippen molar-refractivity contribution in [3.63, 3.8) is 0 Å². The van der Waals surface area contributed by atoms with Crippen LogP contribution in [0.1, 0.15) is 62.2 Å². The van der Waals surface area contributed by atoms with Gasteiger partial charge >= 0.3 is 5.97 Å². The average molecular weight is 236 g/mol. The molecule has 0 spiro atoms. The van der Waals surface area contributed by atoms with Crippen LogP contribution in [0.25, 0.3) is 0 Å². The summed E-state index contributed by atoms with van der Waals surface area (Å²) in [5.41, 5.74) is 2.41. The van der Waals surface area contributed by atoms with Crippen LogP contribution in [0, 0.1) is 0 Å². The van der Waals surface area contributed by atoms with Gasteiger partial charge in [-0.2, -0.15) is 0 Å². The second-order valence-corrected chi connectivity index (χ2v) is 4.78. The summed E-state index contributed by atoms with van der Waals surface area (Å²) >= 11 is 0. The highest BCUT2D eigenvalue weighted by Gasteiger charge is 2.22. The lowest BCUT2D eigenvalue weighted by Crippen LogP contribution is -1.99. The minimum Gasteiger partial charge on any atom is -0.481 e. The predicted octanol–water partition coefficient (Wildman–Crippen LogP) is 2.65. The lowest BCUT2D eigenvalue weighted by atomic mass is 10.0. The zero-order chi connectivity index (χ0) is 12.3. The van der Waals surface area contributed by atoms with Gasteiger partial charge in [-0.15, -0.1) is 0 Å². The van der Waals surface area contributed by atoms with Gasteiger partial charge in [0, 0.05) is 18.0 Å². The van der Waals surface area contributed by atoms with Gasteiger partial charge in [0.2, 0.25) is 0 Å². The first-order valence-electron chi connectivity index (χ1n) is 6.50. The Morgan fingerprint density at radius 1 is 1.47 bits per heavy atom. The number of aromatic nitrogens is 2. The number of H-pyrrole nitrogens is 1. The van der Waals surface area contributed by atoms with Gasteiger partial charge < -0.3 is 10.1 Å². The Hall–Kier alpha value is -1.32. The molecule has 0 radical (unpaired) electrons. The van der Waals surface area contributed by atoms with Crippen LogP contribution in [0.2, 0.25) is 0 Å². The molecule has 0 bridgehead atoms. The van der Waals surface area contributed by atoms with E-state index in [1.165, 1.54) is 37.1 Å². The highest BCUT2D eigenvalue weighted by molar-refractivity contribution is 5.66. The van der Waals surface area contributed by atoms with Crippen molar-refractivity contribution < 1.29 is 9.90 Å². The van der Waals surface area contributed by atoms with E-state index in [1.54, 1.807) is 0 Å². The molecule has 0 atom stereocenters. The zero-order valence-electron chi connectivity index (χ0n) is 10.3. The Morgan fingerprint density at radius 3 is 2.76 bits per heavy atom. The average Bonchev–Trinajstić information content (AvgIpc) is 2.94. The van der Waals surface area contributed by atoms with Crippen LogP contribution in [-0.4, -0.2) is 21.0 Å². The third-order valence-corrected chi connectivity index (χ3v) is 3.53. The van der Waals surface area contributed by atoms with Gasteiger partial charge in [-0.1, -0.05) is 19.8 Å². The lowest BCUT2D eigenvalue weighted by molar-refractivity contribution is -0.137. The Kier molecular flexibility index (Phi) is 3.82. The number of rotatable bonds is 5.